The number of hydrogen-bond donors (Lipinski definition) is 1. The van der Waals surface area contributed by atoms with E-state index in [1.807, 2.05) is 36.4 Å². The second-order valence-electron chi connectivity index (χ2n) is 7.97. The van der Waals surface area contributed by atoms with Gasteiger partial charge in [0.15, 0.2) is 0 Å². The molecule has 0 spiro atoms. The van der Waals surface area contributed by atoms with Gasteiger partial charge in [0.1, 0.15) is 6.10 Å². The lowest BCUT2D eigenvalue weighted by molar-refractivity contribution is 0.0660. The fourth-order valence-corrected chi connectivity index (χ4v) is 4.85. The van der Waals surface area contributed by atoms with Crippen LogP contribution in [-0.4, -0.2) is 34.1 Å². The Morgan fingerprint density at radius 1 is 1.00 bits per heavy atom. The molecule has 2 atom stereocenters. The van der Waals surface area contributed by atoms with E-state index in [-0.39, 0.29) is 24.2 Å². The largest absolute Gasteiger partial charge is 0.474 e. The molecule has 5 heteroatoms. The van der Waals surface area contributed by atoms with Crippen LogP contribution in [0.5, 0.6) is 5.88 Å². The lowest BCUT2D eigenvalue weighted by Crippen LogP contribution is -2.52. The first-order valence-electron chi connectivity index (χ1n) is 10.4. The first-order valence-corrected chi connectivity index (χ1v) is 10.4. The topological polar surface area (TPSA) is 54.5 Å². The monoisotopic (exact) mass is 387 g/mol. The fourth-order valence-electron chi connectivity index (χ4n) is 4.85. The van der Waals surface area contributed by atoms with E-state index < -0.39 is 0 Å². The predicted octanol–water partition coefficient (Wildman–Crippen LogP) is 4.52. The lowest BCUT2D eigenvalue weighted by atomic mass is 10.00. The van der Waals surface area contributed by atoms with E-state index in [1.54, 1.807) is 6.20 Å². The molecule has 2 saturated heterocycles. The smallest absolute Gasteiger partial charge is 0.318 e. The van der Waals surface area contributed by atoms with Gasteiger partial charge in [-0.15, -0.1) is 0 Å². The zero-order valence-corrected chi connectivity index (χ0v) is 16.3. The zero-order chi connectivity index (χ0) is 19.6. The van der Waals surface area contributed by atoms with E-state index in [2.05, 4.69) is 39.5 Å². The molecule has 2 aromatic carbocycles. The number of pyridine rings is 1. The van der Waals surface area contributed by atoms with Crippen LogP contribution in [0.2, 0.25) is 0 Å². The van der Waals surface area contributed by atoms with Crippen molar-refractivity contribution in [1.29, 1.82) is 0 Å². The van der Waals surface area contributed by atoms with Gasteiger partial charge in [0, 0.05) is 43.7 Å². The number of nitrogens with zero attached hydrogens (tertiary/aromatic N) is 2. The molecular weight excluding hydrogens is 362 g/mol. The molecule has 2 unspecified atom stereocenters. The molecule has 2 aliphatic rings. The van der Waals surface area contributed by atoms with Crippen LogP contribution in [0.1, 0.15) is 31.2 Å². The second kappa shape index (κ2) is 7.74. The van der Waals surface area contributed by atoms with Crippen molar-refractivity contribution in [1.82, 2.24) is 15.2 Å². The first-order chi connectivity index (χ1) is 14.3. The van der Waals surface area contributed by atoms with Crippen molar-refractivity contribution in [3.63, 3.8) is 0 Å². The molecule has 2 amide bonds. The highest BCUT2D eigenvalue weighted by Crippen LogP contribution is 2.37. The summed E-state index contributed by atoms with van der Waals surface area (Å²) in [6.07, 6.45) is 5.72. The molecule has 5 rings (SSSR count). The maximum Gasteiger partial charge on any atom is 0.318 e. The van der Waals surface area contributed by atoms with Crippen LogP contribution in [0.15, 0.2) is 66.9 Å². The van der Waals surface area contributed by atoms with E-state index in [4.69, 9.17) is 4.74 Å². The summed E-state index contributed by atoms with van der Waals surface area (Å²) in [4.78, 5) is 19.3. The van der Waals surface area contributed by atoms with Gasteiger partial charge < -0.3 is 15.0 Å². The molecular formula is C24H25N3O2. The SMILES string of the molecule is O=C(NCc1cccc2ccccc12)N1C2CCC1CC(Oc1ccccn1)C2. The number of aromatic nitrogens is 1. The fraction of sp³-hybridized carbons (Fsp3) is 0.333. The first kappa shape index (κ1) is 18.0. The van der Waals surface area contributed by atoms with Gasteiger partial charge >= 0.3 is 6.03 Å². The Kier molecular flexibility index (Phi) is 4.80. The molecule has 2 fully saturated rings. The minimum absolute atomic E-state index is 0.0433. The molecule has 0 saturated carbocycles. The van der Waals surface area contributed by atoms with Crippen molar-refractivity contribution < 1.29 is 9.53 Å². The van der Waals surface area contributed by atoms with E-state index in [9.17, 15) is 4.79 Å². The molecule has 3 aromatic rings. The van der Waals surface area contributed by atoms with Gasteiger partial charge in [-0.25, -0.2) is 9.78 Å². The van der Waals surface area contributed by atoms with Crippen molar-refractivity contribution in [2.24, 2.45) is 0 Å². The van der Waals surface area contributed by atoms with Crippen molar-refractivity contribution in [3.8, 4) is 5.88 Å². The van der Waals surface area contributed by atoms with Crippen LogP contribution >= 0.6 is 0 Å². The average molecular weight is 387 g/mol. The molecule has 5 nitrogen and oxygen atoms in total. The molecule has 1 N–H and O–H groups in total. The Morgan fingerprint density at radius 3 is 2.55 bits per heavy atom. The molecule has 2 aliphatic heterocycles. The number of urea groups is 1. The minimum Gasteiger partial charge on any atom is -0.474 e. The third-order valence-electron chi connectivity index (χ3n) is 6.16. The lowest BCUT2D eigenvalue weighted by Gasteiger charge is -2.38. The normalized spacial score (nSPS) is 23.2. The summed E-state index contributed by atoms with van der Waals surface area (Å²) in [5, 5.41) is 5.56. The van der Waals surface area contributed by atoms with Crippen LogP contribution in [-0.2, 0) is 6.54 Å². The minimum atomic E-state index is 0.0433. The van der Waals surface area contributed by atoms with E-state index in [0.717, 1.165) is 31.2 Å². The number of carbonyl (C=O) groups excluding carboxylic acids is 1. The number of fused-ring (bicyclic) bond motifs is 3. The highest BCUT2D eigenvalue weighted by Gasteiger charge is 2.44. The van der Waals surface area contributed by atoms with Gasteiger partial charge in [-0.05, 0) is 35.2 Å². The van der Waals surface area contributed by atoms with Gasteiger partial charge in [-0.3, -0.25) is 0 Å². The molecule has 0 radical (unpaired) electrons. The summed E-state index contributed by atoms with van der Waals surface area (Å²) in [7, 11) is 0. The van der Waals surface area contributed by atoms with E-state index in [1.165, 1.54) is 10.8 Å². The summed E-state index contributed by atoms with van der Waals surface area (Å²) in [5.74, 6) is 0.672. The molecule has 0 aliphatic carbocycles. The van der Waals surface area contributed by atoms with Crippen LogP contribution in [0, 0.1) is 0 Å². The molecule has 29 heavy (non-hydrogen) atoms. The maximum absolute atomic E-state index is 13.0. The summed E-state index contributed by atoms with van der Waals surface area (Å²) >= 11 is 0. The van der Waals surface area contributed by atoms with Gasteiger partial charge in [-0.1, -0.05) is 48.5 Å². The number of ether oxygens (including phenoxy) is 1. The van der Waals surface area contributed by atoms with Gasteiger partial charge in [0.2, 0.25) is 5.88 Å². The standard InChI is InChI=1S/C24H25N3O2/c28-24(26-16-18-8-5-7-17-6-1-2-9-22(17)18)27-19-11-12-20(27)15-21(14-19)29-23-10-3-4-13-25-23/h1-10,13,19-21H,11-12,14-16H2,(H,26,28). The van der Waals surface area contributed by atoms with E-state index >= 15 is 0 Å². The van der Waals surface area contributed by atoms with Crippen molar-refractivity contribution in [3.05, 3.63) is 72.4 Å². The third-order valence-corrected chi connectivity index (χ3v) is 6.16. The predicted molar refractivity (Wildman–Crippen MR) is 113 cm³/mol. The Morgan fingerprint density at radius 2 is 1.76 bits per heavy atom. The highest BCUT2D eigenvalue weighted by atomic mass is 16.5. The summed E-state index contributed by atoms with van der Waals surface area (Å²) < 4.78 is 6.07. The zero-order valence-electron chi connectivity index (χ0n) is 16.3. The van der Waals surface area contributed by atoms with E-state index in [0.29, 0.717) is 12.4 Å². The number of piperidine rings is 1. The number of rotatable bonds is 4. The summed E-state index contributed by atoms with van der Waals surface area (Å²) in [6, 6.07) is 20.8. The van der Waals surface area contributed by atoms with Crippen molar-refractivity contribution in [2.75, 3.05) is 0 Å². The van der Waals surface area contributed by atoms with Crippen LogP contribution < -0.4 is 10.1 Å². The van der Waals surface area contributed by atoms with Crippen molar-refractivity contribution in [2.45, 2.75) is 50.4 Å². The van der Waals surface area contributed by atoms with Gasteiger partial charge in [0.05, 0.1) is 0 Å². The molecule has 148 valence electrons. The number of hydrogen-bond acceptors (Lipinski definition) is 3. The maximum atomic E-state index is 13.0. The van der Waals surface area contributed by atoms with Gasteiger partial charge in [0.25, 0.3) is 0 Å². The Labute approximate surface area is 170 Å². The number of carbonyl (C=O) groups is 1. The number of nitrogens with one attached hydrogen (secondary N) is 1. The average Bonchev–Trinajstić information content (AvgIpc) is 3.03. The third kappa shape index (κ3) is 3.65. The summed E-state index contributed by atoms with van der Waals surface area (Å²) in [6.45, 7) is 0.546. The number of amides is 2. The Balaban J connectivity index is 1.23. The second-order valence-corrected chi connectivity index (χ2v) is 7.97. The number of benzene rings is 2. The van der Waals surface area contributed by atoms with Crippen molar-refractivity contribution >= 4 is 16.8 Å². The van der Waals surface area contributed by atoms with Crippen LogP contribution in [0.3, 0.4) is 0 Å². The quantitative estimate of drug-likeness (QED) is 0.716. The molecule has 2 bridgehead atoms. The highest BCUT2D eigenvalue weighted by molar-refractivity contribution is 5.86. The van der Waals surface area contributed by atoms with Crippen LogP contribution in [0.4, 0.5) is 4.79 Å². The summed E-state index contributed by atoms with van der Waals surface area (Å²) in [5.41, 5.74) is 1.15. The molecule has 3 heterocycles. The van der Waals surface area contributed by atoms with Gasteiger partial charge in [-0.2, -0.15) is 0 Å². The Bertz CT molecular complexity index is 988. The molecule has 1 aromatic heterocycles. The Hall–Kier alpha value is -3.08. The van der Waals surface area contributed by atoms with Crippen LogP contribution in [0.25, 0.3) is 10.8 Å².